The first-order valence-electron chi connectivity index (χ1n) is 9.04. The van der Waals surface area contributed by atoms with E-state index < -0.39 is 0 Å². The predicted molar refractivity (Wildman–Crippen MR) is 101 cm³/mol. The molecule has 0 aliphatic heterocycles. The normalized spacial score (nSPS) is 13.0. The van der Waals surface area contributed by atoms with Gasteiger partial charge in [-0.25, -0.2) is 0 Å². The van der Waals surface area contributed by atoms with Gasteiger partial charge in [0, 0.05) is 31.5 Å². The van der Waals surface area contributed by atoms with E-state index in [2.05, 4.69) is 72.8 Å². The standard InChI is InChI=1S/C21H32N2O/c1-17(2)11-13-22(14-19(4)24)16-21-10-7-12-23(21)15-20-9-6-5-8-18(20)3/h5-10,12,17,19,24H,11,13-16H2,1-4H3. The number of hydrogen-bond donors (Lipinski definition) is 1. The zero-order valence-corrected chi connectivity index (χ0v) is 15.6. The molecule has 3 heteroatoms. The van der Waals surface area contributed by atoms with Crippen LogP contribution in [0.4, 0.5) is 0 Å². The summed E-state index contributed by atoms with van der Waals surface area (Å²) in [6.45, 7) is 12.1. The molecule has 0 aliphatic rings. The van der Waals surface area contributed by atoms with Crippen LogP contribution in [0.2, 0.25) is 0 Å². The molecule has 1 unspecified atom stereocenters. The van der Waals surface area contributed by atoms with Crippen LogP contribution >= 0.6 is 0 Å². The molecule has 2 rings (SSSR count). The highest BCUT2D eigenvalue weighted by Gasteiger charge is 2.12. The number of hydrogen-bond acceptors (Lipinski definition) is 2. The molecule has 0 radical (unpaired) electrons. The van der Waals surface area contributed by atoms with Crippen LogP contribution in [-0.2, 0) is 13.1 Å². The van der Waals surface area contributed by atoms with Crippen molar-refractivity contribution >= 4 is 0 Å². The van der Waals surface area contributed by atoms with Crippen LogP contribution in [0.1, 0.15) is 44.0 Å². The molecule has 0 amide bonds. The van der Waals surface area contributed by atoms with Gasteiger partial charge in [-0.05, 0) is 56.0 Å². The molecule has 0 spiro atoms. The Balaban J connectivity index is 2.08. The number of aryl methyl sites for hydroxylation is 1. The van der Waals surface area contributed by atoms with Gasteiger partial charge < -0.3 is 9.67 Å². The van der Waals surface area contributed by atoms with Crippen molar-refractivity contribution in [3.8, 4) is 0 Å². The molecule has 132 valence electrons. The summed E-state index contributed by atoms with van der Waals surface area (Å²) in [6.07, 6.45) is 3.02. The highest BCUT2D eigenvalue weighted by molar-refractivity contribution is 5.26. The van der Waals surface area contributed by atoms with Crippen molar-refractivity contribution in [1.82, 2.24) is 9.47 Å². The smallest absolute Gasteiger partial charge is 0.0639 e. The number of aromatic nitrogens is 1. The molecule has 1 aromatic carbocycles. The van der Waals surface area contributed by atoms with Gasteiger partial charge in [0.05, 0.1) is 6.10 Å². The molecular weight excluding hydrogens is 296 g/mol. The molecule has 0 saturated heterocycles. The maximum Gasteiger partial charge on any atom is 0.0639 e. The number of rotatable bonds is 9. The van der Waals surface area contributed by atoms with Gasteiger partial charge in [-0.2, -0.15) is 0 Å². The van der Waals surface area contributed by atoms with E-state index in [0.29, 0.717) is 5.92 Å². The van der Waals surface area contributed by atoms with Crippen LogP contribution in [0.5, 0.6) is 0 Å². The summed E-state index contributed by atoms with van der Waals surface area (Å²) in [5.74, 6) is 0.681. The zero-order valence-electron chi connectivity index (χ0n) is 15.6. The van der Waals surface area contributed by atoms with Gasteiger partial charge in [-0.15, -0.1) is 0 Å². The molecule has 0 bridgehead atoms. The van der Waals surface area contributed by atoms with Crippen molar-refractivity contribution < 1.29 is 5.11 Å². The minimum atomic E-state index is -0.294. The van der Waals surface area contributed by atoms with E-state index in [-0.39, 0.29) is 6.10 Å². The zero-order chi connectivity index (χ0) is 17.5. The summed E-state index contributed by atoms with van der Waals surface area (Å²) >= 11 is 0. The SMILES string of the molecule is Cc1ccccc1Cn1cccc1CN(CCC(C)C)CC(C)O. The summed E-state index contributed by atoms with van der Waals surface area (Å²) in [7, 11) is 0. The van der Waals surface area contributed by atoms with Crippen molar-refractivity contribution in [3.05, 3.63) is 59.4 Å². The molecule has 24 heavy (non-hydrogen) atoms. The Labute approximate surface area is 146 Å². The lowest BCUT2D eigenvalue weighted by Gasteiger charge is -2.25. The highest BCUT2D eigenvalue weighted by atomic mass is 16.3. The fraction of sp³-hybridized carbons (Fsp3) is 0.524. The predicted octanol–water partition coefficient (Wildman–Crippen LogP) is 4.07. The number of aliphatic hydroxyl groups excluding tert-OH is 1. The summed E-state index contributed by atoms with van der Waals surface area (Å²) in [5, 5.41) is 9.81. The topological polar surface area (TPSA) is 28.4 Å². The van der Waals surface area contributed by atoms with Gasteiger partial charge in [0.25, 0.3) is 0 Å². The second kappa shape index (κ2) is 9.05. The van der Waals surface area contributed by atoms with E-state index in [1.807, 2.05) is 6.92 Å². The van der Waals surface area contributed by atoms with Crippen LogP contribution in [0.3, 0.4) is 0 Å². The lowest BCUT2D eigenvalue weighted by Crippen LogP contribution is -2.32. The van der Waals surface area contributed by atoms with Crippen LogP contribution in [-0.4, -0.2) is 33.8 Å². The molecule has 0 fully saturated rings. The quantitative estimate of drug-likeness (QED) is 0.751. The van der Waals surface area contributed by atoms with Crippen molar-refractivity contribution in [2.24, 2.45) is 5.92 Å². The number of nitrogens with zero attached hydrogens (tertiary/aromatic N) is 2. The summed E-state index contributed by atoms with van der Waals surface area (Å²) in [4.78, 5) is 2.37. The van der Waals surface area contributed by atoms with Gasteiger partial charge in [0.15, 0.2) is 0 Å². The minimum Gasteiger partial charge on any atom is -0.392 e. The van der Waals surface area contributed by atoms with Gasteiger partial charge in [-0.1, -0.05) is 38.1 Å². The van der Waals surface area contributed by atoms with Crippen molar-refractivity contribution in [3.63, 3.8) is 0 Å². The Hall–Kier alpha value is -1.58. The van der Waals surface area contributed by atoms with Gasteiger partial charge >= 0.3 is 0 Å². The van der Waals surface area contributed by atoms with E-state index >= 15 is 0 Å². The van der Waals surface area contributed by atoms with E-state index in [9.17, 15) is 5.11 Å². The lowest BCUT2D eigenvalue weighted by molar-refractivity contribution is 0.117. The largest absolute Gasteiger partial charge is 0.392 e. The average molecular weight is 329 g/mol. The van der Waals surface area contributed by atoms with E-state index in [4.69, 9.17) is 0 Å². The summed E-state index contributed by atoms with van der Waals surface area (Å²) in [5.41, 5.74) is 4.00. The van der Waals surface area contributed by atoms with E-state index in [0.717, 1.165) is 32.6 Å². The molecule has 3 nitrogen and oxygen atoms in total. The minimum absolute atomic E-state index is 0.294. The average Bonchev–Trinajstić information content (AvgIpc) is 2.93. The Morgan fingerprint density at radius 2 is 1.83 bits per heavy atom. The molecular formula is C21H32N2O. The van der Waals surface area contributed by atoms with Gasteiger partial charge in [0.1, 0.15) is 0 Å². The molecule has 0 aliphatic carbocycles. The lowest BCUT2D eigenvalue weighted by atomic mass is 10.1. The van der Waals surface area contributed by atoms with Crippen LogP contribution in [0.15, 0.2) is 42.6 Å². The Kier molecular flexibility index (Phi) is 7.07. The fourth-order valence-electron chi connectivity index (χ4n) is 3.00. The summed E-state index contributed by atoms with van der Waals surface area (Å²) in [6, 6.07) is 12.9. The van der Waals surface area contributed by atoms with Crippen molar-refractivity contribution in [1.29, 1.82) is 0 Å². The second-order valence-corrected chi connectivity index (χ2v) is 7.32. The third kappa shape index (κ3) is 5.81. The molecule has 1 aromatic heterocycles. The maximum atomic E-state index is 9.81. The monoisotopic (exact) mass is 328 g/mol. The Morgan fingerprint density at radius 1 is 1.08 bits per heavy atom. The fourth-order valence-corrected chi connectivity index (χ4v) is 3.00. The Morgan fingerprint density at radius 3 is 2.50 bits per heavy atom. The van der Waals surface area contributed by atoms with E-state index in [1.165, 1.54) is 16.8 Å². The van der Waals surface area contributed by atoms with E-state index in [1.54, 1.807) is 0 Å². The van der Waals surface area contributed by atoms with Crippen LogP contribution in [0.25, 0.3) is 0 Å². The summed E-state index contributed by atoms with van der Waals surface area (Å²) < 4.78 is 2.33. The third-order valence-corrected chi connectivity index (χ3v) is 4.46. The molecule has 1 N–H and O–H groups in total. The first-order chi connectivity index (χ1) is 11.5. The Bertz CT molecular complexity index is 616. The van der Waals surface area contributed by atoms with Crippen LogP contribution < -0.4 is 0 Å². The molecule has 1 heterocycles. The number of benzene rings is 1. The second-order valence-electron chi connectivity index (χ2n) is 7.32. The third-order valence-electron chi connectivity index (χ3n) is 4.46. The first-order valence-corrected chi connectivity index (χ1v) is 9.04. The first kappa shape index (κ1) is 18.8. The van der Waals surface area contributed by atoms with Gasteiger partial charge in [0.2, 0.25) is 0 Å². The molecule has 0 saturated carbocycles. The van der Waals surface area contributed by atoms with Gasteiger partial charge in [-0.3, -0.25) is 4.90 Å². The maximum absolute atomic E-state index is 9.81. The number of aliphatic hydroxyl groups is 1. The van der Waals surface area contributed by atoms with Crippen LogP contribution in [0, 0.1) is 12.8 Å². The van der Waals surface area contributed by atoms with Crippen molar-refractivity contribution in [2.75, 3.05) is 13.1 Å². The molecule has 1 atom stereocenters. The highest BCUT2D eigenvalue weighted by Crippen LogP contribution is 2.14. The molecule has 2 aromatic rings. The van der Waals surface area contributed by atoms with Crippen molar-refractivity contribution in [2.45, 2.75) is 53.3 Å².